The van der Waals surface area contributed by atoms with Gasteiger partial charge in [-0.3, -0.25) is 4.31 Å². The summed E-state index contributed by atoms with van der Waals surface area (Å²) >= 11 is 6.15. The molecule has 3 aromatic rings. The average molecular weight is 385 g/mol. The van der Waals surface area contributed by atoms with E-state index in [-0.39, 0.29) is 10.6 Å². The van der Waals surface area contributed by atoms with Gasteiger partial charge in [-0.2, -0.15) is 0 Å². The third kappa shape index (κ3) is 3.00. The Hall–Kier alpha value is -2.03. The molecular weight excluding hydrogens is 372 g/mol. The van der Waals surface area contributed by atoms with Gasteiger partial charge in [0.25, 0.3) is 10.0 Å². The van der Waals surface area contributed by atoms with Gasteiger partial charge in [-0.1, -0.05) is 35.9 Å². The summed E-state index contributed by atoms with van der Waals surface area (Å²) in [6.07, 6.45) is 1.53. The predicted octanol–water partition coefficient (Wildman–Crippen LogP) is 2.59. The maximum atomic E-state index is 13.0. The minimum absolute atomic E-state index is 0.00510. The van der Waals surface area contributed by atoms with E-state index in [1.165, 1.54) is 24.4 Å². The van der Waals surface area contributed by atoms with Gasteiger partial charge in [-0.05, 0) is 24.3 Å². The minimum Gasteiger partial charge on any atom is -0.360 e. The van der Waals surface area contributed by atoms with Crippen LogP contribution in [0.2, 0.25) is 5.02 Å². The molecule has 0 amide bonds. The van der Waals surface area contributed by atoms with Crippen molar-refractivity contribution in [3.05, 3.63) is 59.8 Å². The summed E-state index contributed by atoms with van der Waals surface area (Å²) < 4.78 is 49.4. The van der Waals surface area contributed by atoms with Crippen LogP contribution in [0, 0.1) is 0 Å². The SMILES string of the molecule is O=[SH](=O)CN(c1cccc2[nH]cc(Cl)c12)S(=O)(=O)c1ccccc1. The lowest BCUT2D eigenvalue weighted by atomic mass is 10.2. The normalized spacial score (nSPS) is 11.9. The van der Waals surface area contributed by atoms with E-state index >= 15 is 0 Å². The Balaban J connectivity index is 2.26. The van der Waals surface area contributed by atoms with E-state index in [2.05, 4.69) is 4.98 Å². The second-order valence-electron chi connectivity index (χ2n) is 4.98. The second-order valence-corrected chi connectivity index (χ2v) is 8.19. The van der Waals surface area contributed by atoms with Crippen LogP contribution in [-0.4, -0.2) is 27.7 Å². The number of anilines is 1. The van der Waals surface area contributed by atoms with Crippen LogP contribution < -0.4 is 4.31 Å². The van der Waals surface area contributed by atoms with Crippen LogP contribution >= 0.6 is 11.6 Å². The number of halogens is 1. The Kier molecular flexibility index (Phi) is 4.53. The van der Waals surface area contributed by atoms with Crippen molar-refractivity contribution >= 4 is 48.9 Å². The number of hydrogen-bond acceptors (Lipinski definition) is 4. The Morgan fingerprint density at radius 1 is 1.04 bits per heavy atom. The quantitative estimate of drug-likeness (QED) is 0.662. The molecule has 0 bridgehead atoms. The summed E-state index contributed by atoms with van der Waals surface area (Å²) in [5.74, 6) is -0.673. The van der Waals surface area contributed by atoms with Crippen molar-refractivity contribution in [2.75, 3.05) is 10.2 Å². The van der Waals surface area contributed by atoms with E-state index < -0.39 is 26.6 Å². The number of benzene rings is 2. The van der Waals surface area contributed by atoms with Crippen molar-refractivity contribution in [2.24, 2.45) is 0 Å². The smallest absolute Gasteiger partial charge is 0.265 e. The Bertz CT molecular complexity index is 1050. The molecule has 0 fully saturated rings. The first-order chi connectivity index (χ1) is 11.4. The molecule has 0 unspecified atom stereocenters. The molecule has 0 atom stereocenters. The zero-order valence-electron chi connectivity index (χ0n) is 12.2. The average Bonchev–Trinajstić information content (AvgIpc) is 2.95. The van der Waals surface area contributed by atoms with Crippen LogP contribution in [0.15, 0.2) is 59.6 Å². The Morgan fingerprint density at radius 3 is 2.42 bits per heavy atom. The van der Waals surface area contributed by atoms with Gasteiger partial charge in [0.1, 0.15) is 5.88 Å². The van der Waals surface area contributed by atoms with E-state index in [0.29, 0.717) is 15.9 Å². The number of fused-ring (bicyclic) bond motifs is 1. The lowest BCUT2D eigenvalue weighted by Crippen LogP contribution is -2.32. The number of H-pyrrole nitrogens is 1. The third-order valence-electron chi connectivity index (χ3n) is 3.48. The molecule has 2 aromatic carbocycles. The Morgan fingerprint density at radius 2 is 1.75 bits per heavy atom. The zero-order valence-corrected chi connectivity index (χ0v) is 14.7. The summed E-state index contributed by atoms with van der Waals surface area (Å²) in [6, 6.07) is 12.6. The molecule has 126 valence electrons. The van der Waals surface area contributed by atoms with Gasteiger partial charge in [0.05, 0.1) is 15.6 Å². The first-order valence-corrected chi connectivity index (χ1v) is 10.0. The topological polar surface area (TPSA) is 87.3 Å². The molecule has 3 rings (SSSR count). The van der Waals surface area contributed by atoms with E-state index in [4.69, 9.17) is 11.6 Å². The van der Waals surface area contributed by atoms with Crippen LogP contribution in [0.25, 0.3) is 10.9 Å². The summed E-state index contributed by atoms with van der Waals surface area (Å²) in [5.41, 5.74) is 0.827. The second kappa shape index (κ2) is 6.46. The molecule has 0 aliphatic rings. The lowest BCUT2D eigenvalue weighted by molar-refractivity contribution is 0.589. The van der Waals surface area contributed by atoms with Crippen LogP contribution in [-0.2, 0) is 20.7 Å². The molecule has 1 N–H and O–H groups in total. The molecule has 1 heterocycles. The predicted molar refractivity (Wildman–Crippen MR) is 94.6 cm³/mol. The number of hydrogen-bond donors (Lipinski definition) is 2. The van der Waals surface area contributed by atoms with Crippen molar-refractivity contribution in [3.8, 4) is 0 Å². The molecule has 24 heavy (non-hydrogen) atoms. The fourth-order valence-electron chi connectivity index (χ4n) is 2.44. The summed E-state index contributed by atoms with van der Waals surface area (Å²) in [7, 11) is -7.03. The van der Waals surface area contributed by atoms with Gasteiger partial charge in [-0.15, -0.1) is 0 Å². The molecule has 1 aromatic heterocycles. The largest absolute Gasteiger partial charge is 0.360 e. The first kappa shape index (κ1) is 16.8. The molecule has 0 radical (unpaired) electrons. The molecule has 0 aliphatic carbocycles. The van der Waals surface area contributed by atoms with E-state index in [0.717, 1.165) is 4.31 Å². The van der Waals surface area contributed by atoms with Gasteiger partial charge < -0.3 is 4.98 Å². The van der Waals surface area contributed by atoms with Gasteiger partial charge in [0.15, 0.2) is 10.7 Å². The molecule has 0 saturated heterocycles. The van der Waals surface area contributed by atoms with Gasteiger partial charge in [0, 0.05) is 17.1 Å². The van der Waals surface area contributed by atoms with Gasteiger partial charge >= 0.3 is 0 Å². The molecule has 9 heteroatoms. The highest BCUT2D eigenvalue weighted by atomic mass is 35.5. The highest BCUT2D eigenvalue weighted by Crippen LogP contribution is 2.35. The number of aromatic nitrogens is 1. The minimum atomic E-state index is -4.06. The zero-order chi connectivity index (χ0) is 17.3. The Labute approximate surface area is 145 Å². The number of aromatic amines is 1. The van der Waals surface area contributed by atoms with E-state index in [1.54, 1.807) is 30.3 Å². The molecule has 0 aliphatic heterocycles. The number of sulfonamides is 1. The number of nitrogens with one attached hydrogen (secondary N) is 1. The van der Waals surface area contributed by atoms with Crippen LogP contribution in [0.4, 0.5) is 5.69 Å². The fraction of sp³-hybridized carbons (Fsp3) is 0.0667. The van der Waals surface area contributed by atoms with Crippen LogP contribution in [0.3, 0.4) is 0 Å². The summed E-state index contributed by atoms with van der Waals surface area (Å²) in [4.78, 5) is 2.93. The van der Waals surface area contributed by atoms with Crippen molar-refractivity contribution < 1.29 is 16.8 Å². The molecule has 0 saturated carbocycles. The fourth-order valence-corrected chi connectivity index (χ4v) is 5.11. The molecule has 6 nitrogen and oxygen atoms in total. The monoisotopic (exact) mass is 384 g/mol. The van der Waals surface area contributed by atoms with Crippen LogP contribution in [0.5, 0.6) is 0 Å². The third-order valence-corrected chi connectivity index (χ3v) is 6.26. The number of thiol groups is 1. The van der Waals surface area contributed by atoms with Gasteiger partial charge in [-0.25, -0.2) is 16.8 Å². The van der Waals surface area contributed by atoms with Gasteiger partial charge in [0.2, 0.25) is 0 Å². The molecular formula is C15H13ClN2O4S2. The maximum absolute atomic E-state index is 13.0. The standard InChI is InChI=1S/C15H13ClN2O4S2/c16-12-9-17-13-7-4-8-14(15(12)13)18(10-23(19)20)24(21,22)11-5-2-1-3-6-11/h1-9,17,23H,10H2. The number of rotatable bonds is 5. The van der Waals surface area contributed by atoms with Crippen molar-refractivity contribution in [2.45, 2.75) is 4.90 Å². The molecule has 0 spiro atoms. The summed E-state index contributed by atoms with van der Waals surface area (Å²) in [5, 5.41) is 0.769. The number of nitrogens with zero attached hydrogens (tertiary/aromatic N) is 1. The first-order valence-electron chi connectivity index (χ1n) is 6.86. The van der Waals surface area contributed by atoms with Crippen LogP contribution in [0.1, 0.15) is 0 Å². The highest BCUT2D eigenvalue weighted by molar-refractivity contribution is 7.93. The van der Waals surface area contributed by atoms with Crippen molar-refractivity contribution in [1.82, 2.24) is 4.98 Å². The highest BCUT2D eigenvalue weighted by Gasteiger charge is 2.27. The van der Waals surface area contributed by atoms with E-state index in [9.17, 15) is 16.8 Å². The van der Waals surface area contributed by atoms with E-state index in [1.807, 2.05) is 0 Å². The van der Waals surface area contributed by atoms with Crippen molar-refractivity contribution in [1.29, 1.82) is 0 Å². The summed E-state index contributed by atoms with van der Waals surface area (Å²) in [6.45, 7) is 0. The lowest BCUT2D eigenvalue weighted by Gasteiger charge is -2.23. The maximum Gasteiger partial charge on any atom is 0.265 e. The van der Waals surface area contributed by atoms with Crippen molar-refractivity contribution in [3.63, 3.8) is 0 Å².